The fourth-order valence-corrected chi connectivity index (χ4v) is 0.771. The third-order valence-corrected chi connectivity index (χ3v) is 1.67. The van der Waals surface area contributed by atoms with Gasteiger partial charge in [0, 0.05) is 0 Å². The minimum absolute atomic E-state index is 1.87. The van der Waals surface area contributed by atoms with E-state index in [0.29, 0.717) is 0 Å². The molecule has 0 spiro atoms. The first-order valence-electron chi connectivity index (χ1n) is 4.05. The van der Waals surface area contributed by atoms with E-state index in [0.717, 1.165) is 0 Å². The number of carbonyl (C=O) groups is 1. The van der Waals surface area contributed by atoms with Gasteiger partial charge in [0.2, 0.25) is 0 Å². The summed E-state index contributed by atoms with van der Waals surface area (Å²) in [7, 11) is 0. The Morgan fingerprint density at radius 3 is 1.10 bits per heavy atom. The lowest BCUT2D eigenvalue weighted by atomic mass is 10.0. The highest BCUT2D eigenvalue weighted by Gasteiger charge is 2.87. The van der Waals surface area contributed by atoms with Crippen molar-refractivity contribution in [1.29, 1.82) is 0 Å². The van der Waals surface area contributed by atoms with Crippen LogP contribution in [0, 0.1) is 0 Å². The van der Waals surface area contributed by atoms with Gasteiger partial charge >= 0.3 is 36.3 Å². The Balaban J connectivity index is 5.81. The van der Waals surface area contributed by atoms with Crippen LogP contribution < -0.4 is 0 Å². The molecular formula is C6F12O3. The molecule has 21 heavy (non-hydrogen) atoms. The van der Waals surface area contributed by atoms with Crippen molar-refractivity contribution < 1.29 is 67.3 Å². The van der Waals surface area contributed by atoms with E-state index < -0.39 is 36.3 Å². The van der Waals surface area contributed by atoms with Gasteiger partial charge in [0.25, 0.3) is 0 Å². The standard InChI is InChI=1S/C6F12O3/c7-2(8,9)1(19)20-21-3(4(10,11)12,5(13,14)15)6(16,17)18. The van der Waals surface area contributed by atoms with Gasteiger partial charge in [-0.15, -0.1) is 4.89 Å². The van der Waals surface area contributed by atoms with Gasteiger partial charge in [0.05, 0.1) is 0 Å². The molecule has 0 saturated carbocycles. The van der Waals surface area contributed by atoms with E-state index >= 15 is 0 Å². The first-order chi connectivity index (χ1) is 8.88. The number of hydrogen-bond donors (Lipinski definition) is 0. The molecule has 0 atom stereocenters. The normalized spacial score (nSPS) is 15.0. The van der Waals surface area contributed by atoms with Crippen molar-refractivity contribution in [2.45, 2.75) is 30.3 Å². The molecule has 0 unspecified atom stereocenters. The van der Waals surface area contributed by atoms with Crippen LogP contribution in [0.4, 0.5) is 52.7 Å². The molecule has 0 aliphatic heterocycles. The van der Waals surface area contributed by atoms with Crippen LogP contribution in [0.3, 0.4) is 0 Å². The SMILES string of the molecule is O=C(OOC(C(F)(F)F)(C(F)(F)F)C(F)(F)F)C(F)(F)F. The van der Waals surface area contributed by atoms with Crippen molar-refractivity contribution in [1.82, 2.24) is 0 Å². The molecule has 0 rings (SSSR count). The Labute approximate surface area is 105 Å². The zero-order chi connectivity index (χ0) is 17.5. The van der Waals surface area contributed by atoms with Crippen LogP contribution in [0.1, 0.15) is 0 Å². The van der Waals surface area contributed by atoms with Crippen LogP contribution in [0.5, 0.6) is 0 Å². The molecule has 0 radical (unpaired) electrons. The second-order valence-electron chi connectivity index (χ2n) is 3.13. The second kappa shape index (κ2) is 5.10. The lowest BCUT2D eigenvalue weighted by molar-refractivity contribution is -0.524. The van der Waals surface area contributed by atoms with E-state index in [4.69, 9.17) is 0 Å². The zero-order valence-electron chi connectivity index (χ0n) is 8.76. The molecule has 3 nitrogen and oxygen atoms in total. The molecule has 0 aromatic rings. The number of halogens is 12. The van der Waals surface area contributed by atoms with E-state index in [-0.39, 0.29) is 0 Å². The molecule has 0 aromatic carbocycles. The predicted molar refractivity (Wildman–Crippen MR) is 34.1 cm³/mol. The molecule has 0 aromatic heterocycles. The maximum absolute atomic E-state index is 12.1. The molecular weight excluding hydrogens is 348 g/mol. The summed E-state index contributed by atoms with van der Waals surface area (Å²) < 4.78 is 143. The average molecular weight is 348 g/mol. The van der Waals surface area contributed by atoms with Gasteiger partial charge in [-0.2, -0.15) is 52.7 Å². The first-order valence-corrected chi connectivity index (χ1v) is 4.05. The monoisotopic (exact) mass is 348 g/mol. The van der Waals surface area contributed by atoms with Gasteiger partial charge in [0.15, 0.2) is 0 Å². The smallest absolute Gasteiger partial charge is 0.286 e. The second-order valence-corrected chi connectivity index (χ2v) is 3.13. The Hall–Kier alpha value is -1.41. The predicted octanol–water partition coefficient (Wildman–Crippen LogP) is 3.45. The Kier molecular flexibility index (Phi) is 4.76. The van der Waals surface area contributed by atoms with Crippen LogP contribution >= 0.6 is 0 Å². The van der Waals surface area contributed by atoms with Gasteiger partial charge < -0.3 is 0 Å². The summed E-state index contributed by atoms with van der Waals surface area (Å²) in [6, 6.07) is 0. The third-order valence-electron chi connectivity index (χ3n) is 1.67. The lowest BCUT2D eigenvalue weighted by Crippen LogP contribution is -2.68. The minimum Gasteiger partial charge on any atom is -0.286 e. The van der Waals surface area contributed by atoms with Gasteiger partial charge in [-0.05, 0) is 0 Å². The summed E-state index contributed by atoms with van der Waals surface area (Å²) in [5.74, 6) is -3.84. The number of hydrogen-bond acceptors (Lipinski definition) is 3. The van der Waals surface area contributed by atoms with Crippen molar-refractivity contribution in [3.63, 3.8) is 0 Å². The number of carbonyl (C=O) groups excluding carboxylic acids is 1. The average Bonchev–Trinajstić information content (AvgIpc) is 2.09. The summed E-state index contributed by atoms with van der Waals surface area (Å²) in [6.07, 6.45) is -28.2. The summed E-state index contributed by atoms with van der Waals surface area (Å²) >= 11 is 0. The number of rotatable bonds is 2. The van der Waals surface area contributed by atoms with Crippen LogP contribution in [-0.4, -0.2) is 36.3 Å². The fraction of sp³-hybridized carbons (Fsp3) is 0.833. The van der Waals surface area contributed by atoms with Gasteiger partial charge in [-0.25, -0.2) is 4.79 Å². The quantitative estimate of drug-likeness (QED) is 0.436. The maximum Gasteiger partial charge on any atom is 0.494 e. The summed E-state index contributed by atoms with van der Waals surface area (Å²) in [5.41, 5.74) is -7.13. The van der Waals surface area contributed by atoms with Gasteiger partial charge in [-0.1, -0.05) is 0 Å². The highest BCUT2D eigenvalue weighted by Crippen LogP contribution is 2.55. The van der Waals surface area contributed by atoms with Crippen LogP contribution in [0.25, 0.3) is 0 Å². The Morgan fingerprint density at radius 2 is 0.905 bits per heavy atom. The Bertz CT molecular complexity index is 348. The lowest BCUT2D eigenvalue weighted by Gasteiger charge is -2.35. The van der Waals surface area contributed by atoms with Crippen LogP contribution in [-0.2, 0) is 14.6 Å². The van der Waals surface area contributed by atoms with Crippen molar-refractivity contribution in [2.24, 2.45) is 0 Å². The zero-order valence-corrected chi connectivity index (χ0v) is 8.76. The highest BCUT2D eigenvalue weighted by atomic mass is 19.4. The van der Waals surface area contributed by atoms with Crippen molar-refractivity contribution in [3.05, 3.63) is 0 Å². The van der Waals surface area contributed by atoms with Crippen LogP contribution in [0.15, 0.2) is 0 Å². The maximum atomic E-state index is 12.1. The van der Waals surface area contributed by atoms with E-state index in [9.17, 15) is 57.5 Å². The summed E-state index contributed by atoms with van der Waals surface area (Å²) in [4.78, 5) is 13.8. The summed E-state index contributed by atoms with van der Waals surface area (Å²) in [5, 5.41) is 0. The third kappa shape index (κ3) is 3.62. The van der Waals surface area contributed by atoms with E-state index in [1.165, 1.54) is 0 Å². The van der Waals surface area contributed by atoms with Gasteiger partial charge in [0.1, 0.15) is 0 Å². The molecule has 0 N–H and O–H groups in total. The highest BCUT2D eigenvalue weighted by molar-refractivity contribution is 5.74. The fourth-order valence-electron chi connectivity index (χ4n) is 0.771. The largest absolute Gasteiger partial charge is 0.494 e. The van der Waals surface area contributed by atoms with E-state index in [1.807, 2.05) is 9.78 Å². The minimum atomic E-state index is -7.32. The number of alkyl halides is 12. The molecule has 0 saturated heterocycles. The Morgan fingerprint density at radius 1 is 0.619 bits per heavy atom. The molecule has 0 amide bonds. The molecule has 126 valence electrons. The molecule has 15 heteroatoms. The van der Waals surface area contributed by atoms with E-state index in [1.54, 1.807) is 0 Å². The molecule has 0 aliphatic carbocycles. The van der Waals surface area contributed by atoms with Gasteiger partial charge in [-0.3, -0.25) is 4.89 Å². The molecule has 0 heterocycles. The van der Waals surface area contributed by atoms with E-state index in [2.05, 4.69) is 0 Å². The molecule has 0 fully saturated rings. The molecule has 0 aliphatic rings. The molecule has 0 bridgehead atoms. The topological polar surface area (TPSA) is 35.5 Å². The van der Waals surface area contributed by atoms with Crippen molar-refractivity contribution in [2.75, 3.05) is 0 Å². The summed E-state index contributed by atoms with van der Waals surface area (Å²) in [6.45, 7) is 0. The van der Waals surface area contributed by atoms with Crippen molar-refractivity contribution >= 4 is 5.97 Å². The van der Waals surface area contributed by atoms with Crippen molar-refractivity contribution in [3.8, 4) is 0 Å². The first kappa shape index (κ1) is 19.6. The van der Waals surface area contributed by atoms with Crippen LogP contribution in [0.2, 0.25) is 0 Å².